The Morgan fingerprint density at radius 1 is 1.38 bits per heavy atom. The molecule has 0 spiro atoms. The molecule has 26 heavy (non-hydrogen) atoms. The van der Waals surface area contributed by atoms with Crippen LogP contribution >= 0.6 is 0 Å². The molecule has 1 atom stereocenters. The van der Waals surface area contributed by atoms with Crippen molar-refractivity contribution in [3.63, 3.8) is 0 Å². The molecule has 140 valence electrons. The molecule has 9 heteroatoms. The fourth-order valence-electron chi connectivity index (χ4n) is 2.72. The molecule has 1 aliphatic heterocycles. The monoisotopic (exact) mass is 363 g/mol. The predicted molar refractivity (Wildman–Crippen MR) is 91.4 cm³/mol. The lowest BCUT2D eigenvalue weighted by atomic mass is 10.0. The summed E-state index contributed by atoms with van der Waals surface area (Å²) < 4.78 is 4.89. The number of ether oxygens (including phenoxy) is 1. The molecule has 1 fully saturated rings. The Bertz CT molecular complexity index is 705. The minimum absolute atomic E-state index is 0.0605. The van der Waals surface area contributed by atoms with Gasteiger partial charge in [0.1, 0.15) is 6.54 Å². The molecule has 2 rings (SSSR count). The zero-order chi connectivity index (χ0) is 19.1. The van der Waals surface area contributed by atoms with Crippen LogP contribution in [0.4, 0.5) is 5.69 Å². The van der Waals surface area contributed by atoms with Crippen LogP contribution in [0, 0.1) is 16.0 Å². The molecular weight excluding hydrogens is 342 g/mol. The highest BCUT2D eigenvalue weighted by atomic mass is 16.6. The molecule has 0 aliphatic carbocycles. The van der Waals surface area contributed by atoms with E-state index in [-0.39, 0.29) is 23.8 Å². The van der Waals surface area contributed by atoms with E-state index in [4.69, 9.17) is 4.74 Å². The number of piperidine rings is 1. The van der Waals surface area contributed by atoms with Gasteiger partial charge in [-0.1, -0.05) is 13.0 Å². The van der Waals surface area contributed by atoms with Gasteiger partial charge >= 0.3 is 5.97 Å². The first-order valence-corrected chi connectivity index (χ1v) is 8.33. The molecule has 1 aromatic carbocycles. The smallest absolute Gasteiger partial charge is 0.325 e. The number of rotatable bonds is 6. The number of carbonyl (C=O) groups is 3. The molecule has 1 heterocycles. The number of esters is 1. The standard InChI is InChI=1S/C17H21N3O6/c1-12-4-3-7-19(10-12)15(21)11-26-16(22)9-18-17(23)13-5-2-6-14(8-13)20(24)25/h2,5-6,8,12H,3-4,7,9-11H2,1H3,(H,18,23)/t12-/m1/s1. The van der Waals surface area contributed by atoms with E-state index in [2.05, 4.69) is 12.2 Å². The van der Waals surface area contributed by atoms with Crippen LogP contribution in [-0.4, -0.2) is 53.8 Å². The van der Waals surface area contributed by atoms with Crippen molar-refractivity contribution in [2.75, 3.05) is 26.2 Å². The van der Waals surface area contributed by atoms with Crippen molar-refractivity contribution in [2.45, 2.75) is 19.8 Å². The highest BCUT2D eigenvalue weighted by Crippen LogP contribution is 2.15. The predicted octanol–water partition coefficient (Wildman–Crippen LogP) is 1.13. The van der Waals surface area contributed by atoms with Gasteiger partial charge in [0, 0.05) is 30.8 Å². The highest BCUT2D eigenvalue weighted by molar-refractivity contribution is 5.96. The Kier molecular flexibility index (Phi) is 6.65. The van der Waals surface area contributed by atoms with Crippen molar-refractivity contribution in [3.05, 3.63) is 39.9 Å². The van der Waals surface area contributed by atoms with Crippen molar-refractivity contribution < 1.29 is 24.0 Å². The van der Waals surface area contributed by atoms with E-state index in [0.29, 0.717) is 19.0 Å². The number of hydrogen-bond donors (Lipinski definition) is 1. The maximum Gasteiger partial charge on any atom is 0.325 e. The second kappa shape index (κ2) is 8.93. The van der Waals surface area contributed by atoms with E-state index in [1.165, 1.54) is 18.2 Å². The van der Waals surface area contributed by atoms with Crippen LogP contribution in [0.5, 0.6) is 0 Å². The molecule has 1 aliphatic rings. The summed E-state index contributed by atoms with van der Waals surface area (Å²) in [6, 6.07) is 5.15. The SMILES string of the molecule is C[C@@H]1CCCN(C(=O)COC(=O)CNC(=O)c2cccc([N+](=O)[O-])c2)C1. The Balaban J connectivity index is 1.76. The van der Waals surface area contributed by atoms with E-state index in [0.717, 1.165) is 18.9 Å². The Morgan fingerprint density at radius 2 is 2.15 bits per heavy atom. The van der Waals surface area contributed by atoms with E-state index in [9.17, 15) is 24.5 Å². The van der Waals surface area contributed by atoms with Gasteiger partial charge in [-0.25, -0.2) is 0 Å². The van der Waals surface area contributed by atoms with Gasteiger partial charge in [0.2, 0.25) is 0 Å². The molecule has 2 amide bonds. The average molecular weight is 363 g/mol. The number of nitro groups is 1. The topological polar surface area (TPSA) is 119 Å². The summed E-state index contributed by atoms with van der Waals surface area (Å²) in [6.07, 6.45) is 2.01. The van der Waals surface area contributed by atoms with Crippen molar-refractivity contribution in [3.8, 4) is 0 Å². The maximum absolute atomic E-state index is 12.0. The molecule has 1 aromatic rings. The first-order chi connectivity index (χ1) is 12.4. The summed E-state index contributed by atoms with van der Waals surface area (Å²) in [6.45, 7) is 2.59. The first-order valence-electron chi connectivity index (χ1n) is 8.33. The van der Waals surface area contributed by atoms with Crippen LogP contribution in [0.25, 0.3) is 0 Å². The lowest BCUT2D eigenvalue weighted by Gasteiger charge is -2.30. The average Bonchev–Trinajstić information content (AvgIpc) is 2.64. The minimum atomic E-state index is -0.748. The second-order valence-corrected chi connectivity index (χ2v) is 6.24. The largest absolute Gasteiger partial charge is 0.454 e. The quantitative estimate of drug-likeness (QED) is 0.460. The maximum atomic E-state index is 12.0. The molecule has 0 bridgehead atoms. The van der Waals surface area contributed by atoms with E-state index < -0.39 is 23.3 Å². The Hall–Kier alpha value is -2.97. The third-order valence-electron chi connectivity index (χ3n) is 4.08. The van der Waals surface area contributed by atoms with Gasteiger partial charge in [0.05, 0.1) is 4.92 Å². The molecule has 0 radical (unpaired) electrons. The molecule has 1 N–H and O–H groups in total. The van der Waals surface area contributed by atoms with Gasteiger partial charge < -0.3 is 15.0 Å². The zero-order valence-electron chi connectivity index (χ0n) is 14.5. The summed E-state index contributed by atoms with van der Waals surface area (Å²) in [5.41, 5.74) is -0.160. The van der Waals surface area contributed by atoms with Crippen LogP contribution in [-0.2, 0) is 14.3 Å². The Morgan fingerprint density at radius 3 is 2.85 bits per heavy atom. The lowest BCUT2D eigenvalue weighted by Crippen LogP contribution is -2.42. The van der Waals surface area contributed by atoms with Crippen molar-refractivity contribution in [2.24, 2.45) is 5.92 Å². The molecule has 0 unspecified atom stereocenters. The number of nitro benzene ring substituents is 1. The van der Waals surface area contributed by atoms with Crippen molar-refractivity contribution in [1.29, 1.82) is 0 Å². The summed E-state index contributed by atoms with van der Waals surface area (Å²) >= 11 is 0. The first kappa shape index (κ1) is 19.4. The third kappa shape index (κ3) is 5.54. The zero-order valence-corrected chi connectivity index (χ0v) is 14.5. The number of amides is 2. The minimum Gasteiger partial charge on any atom is -0.454 e. The van der Waals surface area contributed by atoms with Gasteiger partial charge in [-0.2, -0.15) is 0 Å². The van der Waals surface area contributed by atoms with Crippen LogP contribution in [0.3, 0.4) is 0 Å². The van der Waals surface area contributed by atoms with Crippen LogP contribution in [0.2, 0.25) is 0 Å². The van der Waals surface area contributed by atoms with Gasteiger partial charge in [0.25, 0.3) is 17.5 Å². The summed E-state index contributed by atoms with van der Waals surface area (Å²) in [5.74, 6) is -1.21. The molecular formula is C17H21N3O6. The molecule has 1 saturated heterocycles. The Labute approximate surface area is 150 Å². The number of nitrogens with zero attached hydrogens (tertiary/aromatic N) is 2. The third-order valence-corrected chi connectivity index (χ3v) is 4.08. The summed E-state index contributed by atoms with van der Waals surface area (Å²) in [5, 5.41) is 13.0. The molecule has 0 saturated carbocycles. The number of likely N-dealkylation sites (tertiary alicyclic amines) is 1. The normalized spacial score (nSPS) is 16.7. The van der Waals surface area contributed by atoms with E-state index in [1.807, 2.05) is 0 Å². The highest BCUT2D eigenvalue weighted by Gasteiger charge is 2.22. The van der Waals surface area contributed by atoms with Gasteiger partial charge in [-0.3, -0.25) is 24.5 Å². The van der Waals surface area contributed by atoms with Crippen LogP contribution in [0.15, 0.2) is 24.3 Å². The molecule has 9 nitrogen and oxygen atoms in total. The van der Waals surface area contributed by atoms with Crippen LogP contribution < -0.4 is 5.32 Å². The van der Waals surface area contributed by atoms with Gasteiger partial charge in [-0.05, 0) is 24.8 Å². The van der Waals surface area contributed by atoms with Crippen molar-refractivity contribution in [1.82, 2.24) is 10.2 Å². The summed E-state index contributed by atoms with van der Waals surface area (Å²) in [4.78, 5) is 47.4. The number of nitrogens with one attached hydrogen (secondary N) is 1. The van der Waals surface area contributed by atoms with Crippen molar-refractivity contribution >= 4 is 23.5 Å². The number of benzene rings is 1. The second-order valence-electron chi connectivity index (χ2n) is 6.24. The lowest BCUT2D eigenvalue weighted by molar-refractivity contribution is -0.384. The molecule has 0 aromatic heterocycles. The fraction of sp³-hybridized carbons (Fsp3) is 0.471. The van der Waals surface area contributed by atoms with Gasteiger partial charge in [0.15, 0.2) is 6.61 Å². The van der Waals surface area contributed by atoms with E-state index in [1.54, 1.807) is 4.90 Å². The summed E-state index contributed by atoms with van der Waals surface area (Å²) in [7, 11) is 0. The number of carbonyl (C=O) groups excluding carboxylic acids is 3. The van der Waals surface area contributed by atoms with E-state index >= 15 is 0 Å². The number of non-ortho nitro benzene ring substituents is 1. The van der Waals surface area contributed by atoms with Crippen LogP contribution in [0.1, 0.15) is 30.1 Å². The fourth-order valence-corrected chi connectivity index (χ4v) is 2.72. The van der Waals surface area contributed by atoms with Gasteiger partial charge in [-0.15, -0.1) is 0 Å². The number of hydrogen-bond acceptors (Lipinski definition) is 6.